The minimum Gasteiger partial charge on any atom is -0.366 e. The molecule has 1 saturated carbocycles. The van der Waals surface area contributed by atoms with Gasteiger partial charge in [-0.15, -0.1) is 0 Å². The van der Waals surface area contributed by atoms with Crippen molar-refractivity contribution in [3.05, 3.63) is 29.0 Å². The van der Waals surface area contributed by atoms with E-state index in [0.29, 0.717) is 6.04 Å². The lowest BCUT2D eigenvalue weighted by atomic mass is 10.2. The third-order valence-electron chi connectivity index (χ3n) is 3.15. The summed E-state index contributed by atoms with van der Waals surface area (Å²) in [5, 5.41) is 0.976. The van der Waals surface area contributed by atoms with Crippen molar-refractivity contribution in [3.8, 4) is 0 Å². The van der Waals surface area contributed by atoms with Gasteiger partial charge in [0.2, 0.25) is 0 Å². The van der Waals surface area contributed by atoms with E-state index in [1.807, 2.05) is 18.5 Å². The summed E-state index contributed by atoms with van der Waals surface area (Å²) < 4.78 is 0.970. The molecule has 1 aliphatic rings. The fourth-order valence-corrected chi connectivity index (χ4v) is 2.90. The van der Waals surface area contributed by atoms with E-state index >= 15 is 0 Å². The Hall–Kier alpha value is -0.680. The molecule has 1 fully saturated rings. The number of halogens is 2. The minimum absolute atomic E-state index is 0.679. The Morgan fingerprint density at radius 1 is 1.33 bits per heavy atom. The van der Waals surface area contributed by atoms with E-state index in [9.17, 15) is 0 Å². The molecule has 0 radical (unpaired) electrons. The van der Waals surface area contributed by atoms with E-state index in [2.05, 4.69) is 52.8 Å². The summed E-state index contributed by atoms with van der Waals surface area (Å²) >= 11 is 6.98. The molecular weight excluding hydrogens is 358 g/mol. The monoisotopic (exact) mass is 369 g/mol. The fourth-order valence-electron chi connectivity index (χ4n) is 2.20. The summed E-state index contributed by atoms with van der Waals surface area (Å²) in [4.78, 5) is 11.4. The highest BCUT2D eigenvalue weighted by Crippen LogP contribution is 2.34. The zero-order chi connectivity index (χ0) is 12.5. The Kier molecular flexibility index (Phi) is 3.52. The van der Waals surface area contributed by atoms with Gasteiger partial charge in [-0.3, -0.25) is 9.97 Å². The Balaban J connectivity index is 2.09. The molecular formula is C13H13Br2N3. The van der Waals surface area contributed by atoms with Gasteiger partial charge in [-0.1, -0.05) is 15.9 Å². The van der Waals surface area contributed by atoms with Crippen molar-refractivity contribution >= 4 is 48.6 Å². The molecule has 2 aromatic rings. The quantitative estimate of drug-likeness (QED) is 0.767. The van der Waals surface area contributed by atoms with Crippen LogP contribution >= 0.6 is 31.9 Å². The van der Waals surface area contributed by atoms with Crippen molar-refractivity contribution < 1.29 is 0 Å². The fraction of sp³-hybridized carbons (Fsp3) is 0.385. The molecule has 0 atom stereocenters. The van der Waals surface area contributed by atoms with Gasteiger partial charge in [-0.2, -0.15) is 0 Å². The first-order valence-corrected chi connectivity index (χ1v) is 7.94. The average Bonchev–Trinajstić information content (AvgIpc) is 3.19. The lowest BCUT2D eigenvalue weighted by molar-refractivity contribution is 0.836. The van der Waals surface area contributed by atoms with E-state index in [1.165, 1.54) is 18.5 Å². The first kappa shape index (κ1) is 12.4. The van der Waals surface area contributed by atoms with Crippen molar-refractivity contribution in [1.29, 1.82) is 0 Å². The highest BCUT2D eigenvalue weighted by Gasteiger charge is 2.29. The van der Waals surface area contributed by atoms with Crippen LogP contribution in [0.25, 0.3) is 11.0 Å². The summed E-state index contributed by atoms with van der Waals surface area (Å²) in [5.41, 5.74) is 3.14. The van der Waals surface area contributed by atoms with Crippen molar-refractivity contribution in [2.45, 2.75) is 18.9 Å². The maximum atomic E-state index is 4.53. The maximum Gasteiger partial charge on any atom is 0.112 e. The van der Waals surface area contributed by atoms with E-state index < -0.39 is 0 Å². The molecule has 2 heterocycles. The van der Waals surface area contributed by atoms with Crippen LogP contribution in [-0.4, -0.2) is 27.9 Å². The van der Waals surface area contributed by atoms with Crippen LogP contribution in [0.15, 0.2) is 29.0 Å². The number of alkyl halides is 1. The number of fused-ring (bicyclic) bond motifs is 1. The number of aromatic nitrogens is 2. The average molecular weight is 371 g/mol. The first-order valence-electron chi connectivity index (χ1n) is 6.02. The number of nitrogens with zero attached hydrogens (tertiary/aromatic N) is 3. The molecule has 0 aromatic carbocycles. The lowest BCUT2D eigenvalue weighted by Gasteiger charge is -2.24. The van der Waals surface area contributed by atoms with Crippen molar-refractivity contribution in [1.82, 2.24) is 9.97 Å². The second kappa shape index (κ2) is 5.13. The van der Waals surface area contributed by atoms with E-state index in [4.69, 9.17) is 0 Å². The van der Waals surface area contributed by atoms with E-state index in [0.717, 1.165) is 27.4 Å². The summed E-state index contributed by atoms with van der Waals surface area (Å²) in [6.07, 6.45) is 6.28. The Bertz CT molecular complexity index is 569. The van der Waals surface area contributed by atoms with Gasteiger partial charge in [0.05, 0.1) is 11.2 Å². The van der Waals surface area contributed by atoms with E-state index in [-0.39, 0.29) is 0 Å². The van der Waals surface area contributed by atoms with Crippen LogP contribution in [0.1, 0.15) is 12.8 Å². The van der Waals surface area contributed by atoms with Gasteiger partial charge in [-0.05, 0) is 40.9 Å². The molecule has 2 aromatic heterocycles. The zero-order valence-corrected chi connectivity index (χ0v) is 13.0. The van der Waals surface area contributed by atoms with Gasteiger partial charge < -0.3 is 4.90 Å². The van der Waals surface area contributed by atoms with Gasteiger partial charge >= 0.3 is 0 Å². The Labute approximate surface area is 123 Å². The van der Waals surface area contributed by atoms with Crippen LogP contribution in [0.5, 0.6) is 0 Å². The highest BCUT2D eigenvalue weighted by molar-refractivity contribution is 9.10. The molecule has 0 amide bonds. The SMILES string of the molecule is BrCCN(c1ccnc2cc(Br)cnc12)C1CC1. The third kappa shape index (κ3) is 2.38. The molecule has 1 aliphatic carbocycles. The van der Waals surface area contributed by atoms with Gasteiger partial charge in [0.25, 0.3) is 0 Å². The van der Waals surface area contributed by atoms with Crippen LogP contribution in [0.4, 0.5) is 5.69 Å². The van der Waals surface area contributed by atoms with Crippen LogP contribution < -0.4 is 4.90 Å². The standard InChI is InChI=1S/C13H13Br2N3/c14-4-6-18(10-1-2-10)12-3-5-16-11-7-9(15)8-17-13(11)12/h3,5,7-8,10H,1-2,4,6H2. The van der Waals surface area contributed by atoms with Gasteiger partial charge in [-0.25, -0.2) is 0 Å². The van der Waals surface area contributed by atoms with Crippen LogP contribution in [0.3, 0.4) is 0 Å². The summed E-state index contributed by atoms with van der Waals surface area (Å²) in [6.45, 7) is 1.02. The predicted octanol–water partition coefficient (Wildman–Crippen LogP) is 3.76. The summed E-state index contributed by atoms with van der Waals surface area (Å²) in [5.74, 6) is 0. The van der Waals surface area contributed by atoms with Gasteiger partial charge in [0.1, 0.15) is 5.52 Å². The molecule has 18 heavy (non-hydrogen) atoms. The predicted molar refractivity (Wildman–Crippen MR) is 81.4 cm³/mol. The summed E-state index contributed by atoms with van der Waals surface area (Å²) in [6, 6.07) is 4.77. The molecule has 3 nitrogen and oxygen atoms in total. The molecule has 0 N–H and O–H groups in total. The topological polar surface area (TPSA) is 29.0 Å². The Morgan fingerprint density at radius 2 is 2.17 bits per heavy atom. The molecule has 0 saturated heterocycles. The molecule has 5 heteroatoms. The second-order valence-electron chi connectivity index (χ2n) is 4.46. The maximum absolute atomic E-state index is 4.53. The third-order valence-corrected chi connectivity index (χ3v) is 3.93. The minimum atomic E-state index is 0.679. The number of anilines is 1. The van der Waals surface area contributed by atoms with Crippen molar-refractivity contribution in [2.75, 3.05) is 16.8 Å². The van der Waals surface area contributed by atoms with Gasteiger partial charge in [0.15, 0.2) is 0 Å². The largest absolute Gasteiger partial charge is 0.366 e. The van der Waals surface area contributed by atoms with Crippen LogP contribution in [0.2, 0.25) is 0 Å². The molecule has 0 bridgehead atoms. The van der Waals surface area contributed by atoms with Crippen LogP contribution in [0, 0.1) is 0 Å². The Morgan fingerprint density at radius 3 is 2.89 bits per heavy atom. The number of hydrogen-bond acceptors (Lipinski definition) is 3. The smallest absolute Gasteiger partial charge is 0.112 e. The number of hydrogen-bond donors (Lipinski definition) is 0. The lowest BCUT2D eigenvalue weighted by Crippen LogP contribution is -2.28. The highest BCUT2D eigenvalue weighted by atomic mass is 79.9. The molecule has 94 valence electrons. The number of rotatable bonds is 4. The first-order chi connectivity index (χ1) is 8.79. The number of pyridine rings is 2. The summed E-state index contributed by atoms with van der Waals surface area (Å²) in [7, 11) is 0. The van der Waals surface area contributed by atoms with E-state index in [1.54, 1.807) is 0 Å². The molecule has 0 unspecified atom stereocenters. The normalized spacial score (nSPS) is 15.0. The molecule has 0 aliphatic heterocycles. The molecule has 0 spiro atoms. The van der Waals surface area contributed by atoms with Crippen LogP contribution in [-0.2, 0) is 0 Å². The second-order valence-corrected chi connectivity index (χ2v) is 6.17. The molecule has 3 rings (SSSR count). The zero-order valence-electron chi connectivity index (χ0n) is 9.81. The van der Waals surface area contributed by atoms with Gasteiger partial charge in [0, 0.05) is 34.8 Å². The van der Waals surface area contributed by atoms with Crippen molar-refractivity contribution in [3.63, 3.8) is 0 Å². The van der Waals surface area contributed by atoms with Crippen molar-refractivity contribution in [2.24, 2.45) is 0 Å².